The monoisotopic (exact) mass is 1080 g/mol. The highest BCUT2D eigenvalue weighted by Gasteiger charge is 2.21. The van der Waals surface area contributed by atoms with Crippen molar-refractivity contribution in [3.63, 3.8) is 0 Å². The Kier molecular flexibility index (Phi) is 29.9. The maximum absolute atomic E-state index is 13.1. The second-order valence-corrected chi connectivity index (χ2v) is 18.3. The number of nitrogens with one attached hydrogen (secondary N) is 8. The number of nitrogens with zero attached hydrogens (tertiary/aromatic N) is 3. The minimum atomic E-state index is -0.866. The number of aromatic nitrogens is 4. The summed E-state index contributed by atoms with van der Waals surface area (Å²) in [4.78, 5) is 130. The average Bonchev–Trinajstić information content (AvgIpc) is 3.89. The molecule has 428 valence electrons. The van der Waals surface area contributed by atoms with Crippen LogP contribution in [-0.2, 0) is 60.9 Å². The van der Waals surface area contributed by atoms with Gasteiger partial charge in [0.2, 0.25) is 41.4 Å². The summed E-state index contributed by atoms with van der Waals surface area (Å²) in [5, 5.41) is 18.8. The molecule has 0 aliphatic rings. The summed E-state index contributed by atoms with van der Waals surface area (Å²) < 4.78 is 19.4. The van der Waals surface area contributed by atoms with Gasteiger partial charge >= 0.3 is 5.69 Å². The number of H-pyrrole nitrogens is 1. The van der Waals surface area contributed by atoms with E-state index in [1.165, 1.54) is 23.0 Å². The molecule has 2 heterocycles. The molecule has 0 aliphatic carbocycles. The van der Waals surface area contributed by atoms with E-state index in [2.05, 4.69) is 47.2 Å². The molecule has 0 saturated heterocycles. The number of aryl methyl sites for hydroxylation is 1. The highest BCUT2D eigenvalue weighted by Crippen LogP contribution is 2.22. The molecule has 26 nitrogen and oxygen atoms in total. The van der Waals surface area contributed by atoms with Gasteiger partial charge in [-0.25, -0.2) is 9.78 Å². The topological polar surface area (TPSA) is 373 Å². The largest absolute Gasteiger partial charge is 0.484 e. The number of imidazole rings is 1. The lowest BCUT2D eigenvalue weighted by Gasteiger charge is -2.18. The number of amides is 8. The fourth-order valence-electron chi connectivity index (χ4n) is 7.80. The van der Waals surface area contributed by atoms with Crippen LogP contribution in [0.25, 0.3) is 22.6 Å². The molecule has 12 N–H and O–H groups in total. The highest BCUT2D eigenvalue weighted by molar-refractivity contribution is 5.89. The molecule has 8 amide bonds. The second kappa shape index (κ2) is 36.0. The number of carbonyl (C=O) groups is 8. The number of aromatic amines is 1. The molecule has 3 aromatic rings. The maximum Gasteiger partial charge on any atom is 0.332 e. The van der Waals surface area contributed by atoms with Crippen LogP contribution < -0.4 is 64.7 Å². The Morgan fingerprint density at radius 2 is 1.18 bits per heavy atom. The summed E-state index contributed by atoms with van der Waals surface area (Å²) in [6.07, 6.45) is 5.62. The Balaban J connectivity index is 1.20. The van der Waals surface area contributed by atoms with Crippen molar-refractivity contribution in [3.05, 3.63) is 45.1 Å². The highest BCUT2D eigenvalue weighted by atomic mass is 16.5. The first kappa shape index (κ1) is 64.1. The van der Waals surface area contributed by atoms with Gasteiger partial charge in [-0.15, -0.1) is 0 Å². The van der Waals surface area contributed by atoms with Gasteiger partial charge in [0.05, 0.1) is 32.5 Å². The normalized spacial score (nSPS) is 12.2. The summed E-state index contributed by atoms with van der Waals surface area (Å²) in [5.41, 5.74) is 11.9. The van der Waals surface area contributed by atoms with Crippen LogP contribution in [0, 0.1) is 0 Å². The van der Waals surface area contributed by atoms with Crippen molar-refractivity contribution in [2.24, 2.45) is 11.5 Å². The summed E-state index contributed by atoms with van der Waals surface area (Å²) in [7, 11) is 0. The number of rotatable bonds is 40. The van der Waals surface area contributed by atoms with E-state index in [-0.39, 0.29) is 106 Å². The molecule has 0 bridgehead atoms. The molecule has 0 saturated carbocycles. The van der Waals surface area contributed by atoms with E-state index in [0.717, 1.165) is 0 Å². The molecule has 1 aromatic carbocycles. The molecule has 0 unspecified atom stereocenters. The van der Waals surface area contributed by atoms with Crippen molar-refractivity contribution >= 4 is 58.4 Å². The summed E-state index contributed by atoms with van der Waals surface area (Å²) in [6, 6.07) is 4.47. The third-order valence-electron chi connectivity index (χ3n) is 11.8. The first-order valence-corrected chi connectivity index (χ1v) is 26.5. The van der Waals surface area contributed by atoms with Gasteiger partial charge < -0.3 is 67.9 Å². The lowest BCUT2D eigenvalue weighted by Crippen LogP contribution is -2.47. The number of benzene rings is 1. The van der Waals surface area contributed by atoms with Crippen LogP contribution in [0.5, 0.6) is 5.75 Å². The van der Waals surface area contributed by atoms with Gasteiger partial charge in [-0.1, -0.05) is 13.8 Å². The van der Waals surface area contributed by atoms with Crippen molar-refractivity contribution in [1.82, 2.24) is 56.3 Å². The number of hydrogen-bond acceptors (Lipinski definition) is 15. The molecule has 0 radical (unpaired) electrons. The zero-order chi connectivity index (χ0) is 56.5. The molecule has 77 heavy (non-hydrogen) atoms. The van der Waals surface area contributed by atoms with E-state index < -0.39 is 35.5 Å². The molecular weight excluding hydrogens is 1000 g/mol. The Hall–Kier alpha value is -7.19. The zero-order valence-electron chi connectivity index (χ0n) is 45.0. The van der Waals surface area contributed by atoms with Gasteiger partial charge in [0, 0.05) is 78.1 Å². The van der Waals surface area contributed by atoms with Crippen LogP contribution in [0.3, 0.4) is 0 Å². The number of unbranched alkanes of at least 4 members (excludes halogenated alkanes) is 3. The van der Waals surface area contributed by atoms with E-state index in [4.69, 9.17) is 25.7 Å². The number of fused-ring (bicyclic) bond motifs is 1. The van der Waals surface area contributed by atoms with E-state index in [1.54, 1.807) is 24.3 Å². The number of hydrogen-bond donors (Lipinski definition) is 10. The lowest BCUT2D eigenvalue weighted by atomic mass is 10.1. The van der Waals surface area contributed by atoms with Crippen molar-refractivity contribution in [3.8, 4) is 17.1 Å². The van der Waals surface area contributed by atoms with Gasteiger partial charge in [0.1, 0.15) is 29.2 Å². The number of nitrogens with two attached hydrogens (primary N) is 2. The second-order valence-electron chi connectivity index (χ2n) is 18.3. The standard InChI is InChI=1S/C51H81N13O13/c1-5-27-63-47-44(50(73)64(28-6-2)51(63)74)61-46(62-47)36-16-18-37(19-17-36)77-33-43(69)55-23-10-7-13-38(52)48(71)57-24-12-9-15-40(59-35(4)66)49(72)58-26-30-76-32-31-75-29-25-56-41(67)20-21-42(68)60-39(45(53)70)14-8-11-22-54-34(3)65/h16-19,38-40H,5-15,20-33,52H2,1-4H3,(H2,53,70)(H,54,65)(H,55,69)(H,56,67)(H,57,71)(H,58,72)(H,59,66)(H,60,68)(H,61,62)/t38-,39-,40-/m0/s1. The molecule has 3 rings (SSSR count). The van der Waals surface area contributed by atoms with E-state index in [1.807, 2.05) is 13.8 Å². The number of ether oxygens (including phenoxy) is 3. The van der Waals surface area contributed by atoms with Crippen LogP contribution in [0.1, 0.15) is 111 Å². The quantitative estimate of drug-likeness (QED) is 0.0321. The van der Waals surface area contributed by atoms with E-state index in [0.29, 0.717) is 126 Å². The van der Waals surface area contributed by atoms with Gasteiger partial charge in [-0.3, -0.25) is 52.3 Å². The van der Waals surface area contributed by atoms with Crippen molar-refractivity contribution in [2.75, 3.05) is 65.8 Å². The zero-order valence-corrected chi connectivity index (χ0v) is 45.0. The molecule has 26 heteroatoms. The van der Waals surface area contributed by atoms with E-state index >= 15 is 0 Å². The SMILES string of the molecule is CCCn1c(=O)c2[nH]c(-c3ccc(OCC(=O)NCCCC[C@H](N)C(=O)NCCCC[C@H](NC(C)=O)C(=O)NCCOCCOCCNC(=O)CCC(=O)N[C@@H](CCCCNC(C)=O)C(N)=O)cc3)nc2n(CCC)c1=O. The van der Waals surface area contributed by atoms with E-state index in [9.17, 15) is 47.9 Å². The Morgan fingerprint density at radius 3 is 1.81 bits per heavy atom. The smallest absolute Gasteiger partial charge is 0.332 e. The molecule has 0 aliphatic heterocycles. The molecule has 3 atom stereocenters. The molecule has 0 fully saturated rings. The minimum Gasteiger partial charge on any atom is -0.484 e. The summed E-state index contributed by atoms with van der Waals surface area (Å²) in [5.74, 6) is -2.17. The van der Waals surface area contributed by atoms with Crippen LogP contribution in [-0.4, -0.2) is 150 Å². The third kappa shape index (κ3) is 24.6. The summed E-state index contributed by atoms with van der Waals surface area (Å²) in [6.45, 7) is 9.47. The molecule has 2 aromatic heterocycles. The fourth-order valence-corrected chi connectivity index (χ4v) is 7.80. The van der Waals surface area contributed by atoms with Crippen molar-refractivity contribution in [2.45, 2.75) is 142 Å². The average molecular weight is 1080 g/mol. The fraction of sp³-hybridized carbons (Fsp3) is 0.627. The summed E-state index contributed by atoms with van der Waals surface area (Å²) >= 11 is 0. The first-order chi connectivity index (χ1) is 36.9. The predicted molar refractivity (Wildman–Crippen MR) is 286 cm³/mol. The third-order valence-corrected chi connectivity index (χ3v) is 11.8. The maximum atomic E-state index is 13.1. The van der Waals surface area contributed by atoms with Crippen LogP contribution in [0.2, 0.25) is 0 Å². The molecular formula is C51H81N13O13. The molecule has 0 spiro atoms. The Bertz CT molecular complexity index is 2490. The van der Waals surface area contributed by atoms with Crippen molar-refractivity contribution in [1.29, 1.82) is 0 Å². The van der Waals surface area contributed by atoms with Gasteiger partial charge in [-0.05, 0) is 94.9 Å². The Labute approximate surface area is 448 Å². The van der Waals surface area contributed by atoms with Crippen LogP contribution in [0.4, 0.5) is 0 Å². The van der Waals surface area contributed by atoms with Crippen LogP contribution in [0.15, 0.2) is 33.9 Å². The number of primary amides is 1. The van der Waals surface area contributed by atoms with Gasteiger partial charge in [-0.2, -0.15) is 0 Å². The number of carbonyl (C=O) groups excluding carboxylic acids is 8. The lowest BCUT2D eigenvalue weighted by molar-refractivity contribution is -0.129. The minimum absolute atomic E-state index is 0.0895. The Morgan fingerprint density at radius 1 is 0.623 bits per heavy atom. The predicted octanol–water partition coefficient (Wildman–Crippen LogP) is -0.521. The van der Waals surface area contributed by atoms with Crippen molar-refractivity contribution < 1.29 is 52.6 Å². The van der Waals surface area contributed by atoms with Crippen LogP contribution >= 0.6 is 0 Å². The van der Waals surface area contributed by atoms with Gasteiger partial charge in [0.15, 0.2) is 12.3 Å². The van der Waals surface area contributed by atoms with Gasteiger partial charge in [0.25, 0.3) is 11.5 Å². The first-order valence-electron chi connectivity index (χ1n) is 26.5.